The van der Waals surface area contributed by atoms with Gasteiger partial charge in [-0.3, -0.25) is 13.9 Å². The Morgan fingerprint density at radius 1 is 0.914 bits per heavy atom. The lowest BCUT2D eigenvalue weighted by molar-refractivity contribution is -0.140. The van der Waals surface area contributed by atoms with Crippen molar-refractivity contribution in [2.45, 2.75) is 82.6 Å². The molecule has 0 radical (unpaired) electrons. The third-order valence-corrected chi connectivity index (χ3v) is 10.3. The lowest BCUT2D eigenvalue weighted by atomic mass is 10.1. The van der Waals surface area contributed by atoms with Gasteiger partial charge >= 0.3 is 19.4 Å². The summed E-state index contributed by atoms with van der Waals surface area (Å²) in [6, 6.07) is 13.4. The van der Waals surface area contributed by atoms with E-state index in [-0.39, 0.29) is 37.0 Å². The highest BCUT2D eigenvalue weighted by Gasteiger charge is 2.60. The Kier molecular flexibility index (Phi) is 19.0. The normalized spacial score (nSPS) is 19.5. The first-order valence-electron chi connectivity index (χ1n) is 19.4. The van der Waals surface area contributed by atoms with Crippen molar-refractivity contribution in [1.29, 1.82) is 0 Å². The molecular formula is C43H54F2N5O7P. The predicted molar refractivity (Wildman–Crippen MR) is 224 cm³/mol. The number of halogens is 2. The Morgan fingerprint density at radius 3 is 2.16 bits per heavy atom. The van der Waals surface area contributed by atoms with Gasteiger partial charge in [0, 0.05) is 31.1 Å². The molecule has 1 amide bonds. The van der Waals surface area contributed by atoms with Gasteiger partial charge in [-0.25, -0.2) is 14.4 Å². The van der Waals surface area contributed by atoms with E-state index in [0.29, 0.717) is 16.4 Å². The number of amides is 1. The summed E-state index contributed by atoms with van der Waals surface area (Å²) in [6.07, 6.45) is 26.3. The molecule has 0 saturated carbocycles. The molecule has 0 bridgehead atoms. The molecule has 312 valence electrons. The van der Waals surface area contributed by atoms with Gasteiger partial charge in [0.15, 0.2) is 6.10 Å². The molecule has 1 aromatic heterocycles. The molecule has 5 N–H and O–H groups in total. The van der Waals surface area contributed by atoms with Crippen LogP contribution in [0.1, 0.15) is 64.5 Å². The van der Waals surface area contributed by atoms with Crippen molar-refractivity contribution < 1.29 is 37.0 Å². The Balaban J connectivity index is 1.21. The number of aliphatic hydroxyl groups is 1. The first-order valence-corrected chi connectivity index (χ1v) is 21.0. The SMILES string of the molecule is CCC=CCC=CCC=CCC=CCC=CCC=CCCC(=O)NCCNP(=O)(OCC1OC(n2ccc(N)nc2=O)C(F)(F)C1O)Oc1cccc2ccccc12. The topological polar surface area (TPSA) is 167 Å². The van der Waals surface area contributed by atoms with Crippen molar-refractivity contribution in [3.05, 3.63) is 138 Å². The molecule has 4 unspecified atom stereocenters. The van der Waals surface area contributed by atoms with E-state index in [1.165, 1.54) is 0 Å². The summed E-state index contributed by atoms with van der Waals surface area (Å²) in [4.78, 5) is 28.2. The highest BCUT2D eigenvalue weighted by Crippen LogP contribution is 2.48. The molecule has 1 aliphatic heterocycles. The summed E-state index contributed by atoms with van der Waals surface area (Å²) in [5.41, 5.74) is 4.37. The molecule has 0 spiro atoms. The molecule has 3 aromatic rings. The summed E-state index contributed by atoms with van der Waals surface area (Å²) in [7, 11) is -4.36. The average molecular weight is 822 g/mol. The van der Waals surface area contributed by atoms with Gasteiger partial charge in [-0.2, -0.15) is 13.8 Å². The van der Waals surface area contributed by atoms with Crippen molar-refractivity contribution in [2.75, 3.05) is 25.4 Å². The summed E-state index contributed by atoms with van der Waals surface area (Å²) in [6.45, 7) is 1.29. The quantitative estimate of drug-likeness (QED) is 0.0393. The molecule has 12 nitrogen and oxygen atoms in total. The molecule has 1 fully saturated rings. The third-order valence-electron chi connectivity index (χ3n) is 8.75. The smallest absolute Gasteiger partial charge is 0.413 e. The van der Waals surface area contributed by atoms with Crippen LogP contribution in [0.5, 0.6) is 5.75 Å². The van der Waals surface area contributed by atoms with Gasteiger partial charge in [0.25, 0.3) is 0 Å². The fourth-order valence-electron chi connectivity index (χ4n) is 5.73. The largest absolute Gasteiger partial charge is 0.458 e. The van der Waals surface area contributed by atoms with Crippen molar-refractivity contribution in [1.82, 2.24) is 20.0 Å². The zero-order valence-electron chi connectivity index (χ0n) is 32.7. The number of fused-ring (bicyclic) bond motifs is 1. The highest BCUT2D eigenvalue weighted by molar-refractivity contribution is 7.52. The second kappa shape index (κ2) is 24.1. The number of aromatic nitrogens is 2. The number of rotatable bonds is 24. The van der Waals surface area contributed by atoms with Gasteiger partial charge in [-0.1, -0.05) is 116 Å². The minimum atomic E-state index is -4.36. The Bertz CT molecular complexity index is 2040. The number of nitrogens with one attached hydrogen (secondary N) is 2. The van der Waals surface area contributed by atoms with E-state index in [9.17, 15) is 19.3 Å². The maximum absolute atomic E-state index is 15.2. The minimum Gasteiger partial charge on any atom is -0.413 e. The fraction of sp³-hybridized carbons (Fsp3) is 0.372. The monoisotopic (exact) mass is 821 g/mol. The number of ether oxygens (including phenoxy) is 1. The Morgan fingerprint density at radius 2 is 1.52 bits per heavy atom. The number of aliphatic hydroxyl groups excluding tert-OH is 1. The standard InChI is InChI=1S/C43H54F2N5O7P/c1-2-3-4-5-6-7-8-9-10-11-12-13-14-15-16-17-18-19-20-28-39(51)47-30-31-48-58(54,57-36-27-23-25-34-24-21-22-26-35(34)36)55-33-37-40(52)43(44,45)41(56-37)50-32-29-38(46)49-42(50)53/h3-4,6-7,9-10,12-13,15-16,18-19,21-27,29,32,37,40-41,52H,2,5,8,11,14,17,20,28,30-31,33H2,1H3,(H,47,51)(H,48,54)(H2,46,49,53). The molecular weight excluding hydrogens is 767 g/mol. The van der Waals surface area contributed by atoms with Crippen LogP contribution in [0.25, 0.3) is 10.8 Å². The molecule has 2 heterocycles. The number of alkyl halides is 2. The van der Waals surface area contributed by atoms with E-state index in [1.807, 2.05) is 30.4 Å². The number of allylic oxidation sites excluding steroid dienone is 12. The van der Waals surface area contributed by atoms with Crippen LogP contribution < -0.4 is 26.4 Å². The van der Waals surface area contributed by atoms with Crippen molar-refractivity contribution in [3.8, 4) is 5.75 Å². The molecule has 4 atom stereocenters. The lowest BCUT2D eigenvalue weighted by Crippen LogP contribution is -2.42. The van der Waals surface area contributed by atoms with E-state index in [1.54, 1.807) is 24.3 Å². The third kappa shape index (κ3) is 14.8. The molecule has 2 aromatic carbocycles. The second-order valence-electron chi connectivity index (χ2n) is 13.3. The summed E-state index contributed by atoms with van der Waals surface area (Å²) < 4.78 is 61.7. The predicted octanol–water partition coefficient (Wildman–Crippen LogP) is 8.26. The molecule has 1 aliphatic rings. The van der Waals surface area contributed by atoms with E-state index in [0.717, 1.165) is 56.2 Å². The first-order chi connectivity index (χ1) is 28.0. The van der Waals surface area contributed by atoms with Crippen LogP contribution in [0.15, 0.2) is 132 Å². The van der Waals surface area contributed by atoms with Crippen LogP contribution in [-0.4, -0.2) is 58.4 Å². The zero-order chi connectivity index (χ0) is 41.6. The molecule has 4 rings (SSSR count). The number of hydrogen-bond donors (Lipinski definition) is 4. The summed E-state index contributed by atoms with van der Waals surface area (Å²) >= 11 is 0. The number of nitrogen functional groups attached to an aromatic ring is 1. The van der Waals surface area contributed by atoms with Crippen LogP contribution >= 0.6 is 7.75 Å². The van der Waals surface area contributed by atoms with Crippen molar-refractivity contribution >= 4 is 30.2 Å². The Labute approximate surface area is 338 Å². The van der Waals surface area contributed by atoms with Crippen LogP contribution in [0.2, 0.25) is 0 Å². The number of benzene rings is 2. The van der Waals surface area contributed by atoms with Gasteiger partial charge in [0.05, 0.1) is 6.61 Å². The minimum absolute atomic E-state index is 0.0462. The number of anilines is 1. The van der Waals surface area contributed by atoms with Crippen molar-refractivity contribution in [3.63, 3.8) is 0 Å². The maximum atomic E-state index is 15.2. The molecule has 1 saturated heterocycles. The average Bonchev–Trinajstić information content (AvgIpc) is 3.43. The van der Waals surface area contributed by atoms with Crippen LogP contribution in [0.4, 0.5) is 14.6 Å². The van der Waals surface area contributed by atoms with E-state index in [2.05, 4.69) is 83.1 Å². The first kappa shape index (κ1) is 45.7. The number of carbonyl (C=O) groups excluding carboxylic acids is 1. The second-order valence-corrected chi connectivity index (χ2v) is 15.0. The van der Waals surface area contributed by atoms with E-state index >= 15 is 8.78 Å². The lowest BCUT2D eigenvalue weighted by Gasteiger charge is -2.23. The van der Waals surface area contributed by atoms with Crippen molar-refractivity contribution in [2.24, 2.45) is 0 Å². The molecule has 15 heteroatoms. The molecule has 58 heavy (non-hydrogen) atoms. The number of nitrogens with zero attached hydrogens (tertiary/aromatic N) is 2. The Hall–Kier alpha value is -4.98. The number of carbonyl (C=O) groups is 1. The van der Waals surface area contributed by atoms with Crippen LogP contribution in [-0.2, 0) is 18.6 Å². The number of nitrogens with two attached hydrogens (primary N) is 1. The number of hydrogen-bond acceptors (Lipinski definition) is 9. The van der Waals surface area contributed by atoms with Crippen LogP contribution in [0.3, 0.4) is 0 Å². The fourth-order valence-corrected chi connectivity index (χ4v) is 7.08. The van der Waals surface area contributed by atoms with E-state index in [4.69, 9.17) is 19.5 Å². The van der Waals surface area contributed by atoms with Crippen LogP contribution in [0, 0.1) is 0 Å². The van der Waals surface area contributed by atoms with Gasteiger partial charge in [-0.05, 0) is 62.5 Å². The summed E-state index contributed by atoms with van der Waals surface area (Å²) in [5, 5.41) is 17.3. The van der Waals surface area contributed by atoms with Gasteiger partial charge in [0.2, 0.25) is 12.1 Å². The zero-order valence-corrected chi connectivity index (χ0v) is 33.6. The van der Waals surface area contributed by atoms with Gasteiger partial charge in [0.1, 0.15) is 17.7 Å². The highest BCUT2D eigenvalue weighted by atomic mass is 31.2. The maximum Gasteiger partial charge on any atom is 0.458 e. The van der Waals surface area contributed by atoms with Gasteiger partial charge < -0.3 is 25.4 Å². The van der Waals surface area contributed by atoms with E-state index < -0.39 is 44.4 Å². The van der Waals surface area contributed by atoms with Gasteiger partial charge in [-0.15, -0.1) is 0 Å². The summed E-state index contributed by atoms with van der Waals surface area (Å²) in [5.74, 6) is -4.17. The molecule has 0 aliphatic carbocycles.